The summed E-state index contributed by atoms with van der Waals surface area (Å²) in [7, 11) is 0. The van der Waals surface area contributed by atoms with Crippen molar-refractivity contribution in [2.45, 2.75) is 32.1 Å². The third-order valence-electron chi connectivity index (χ3n) is 5.31. The van der Waals surface area contributed by atoms with E-state index in [4.69, 9.17) is 10.1 Å². The zero-order valence-electron chi connectivity index (χ0n) is 17.9. The van der Waals surface area contributed by atoms with Crippen molar-refractivity contribution >= 4 is 11.9 Å². The van der Waals surface area contributed by atoms with Gasteiger partial charge in [-0.1, -0.05) is 43.2 Å². The number of rotatable bonds is 10. The number of nitrogens with one attached hydrogen (secondary N) is 2. The normalized spacial score (nSPS) is 10.9. The van der Waals surface area contributed by atoms with E-state index in [1.54, 1.807) is 18.5 Å². The van der Waals surface area contributed by atoms with Crippen molar-refractivity contribution in [2.75, 3.05) is 11.9 Å². The Hall–Kier alpha value is -3.71. The molecule has 0 bridgehead atoms. The highest BCUT2D eigenvalue weighted by Crippen LogP contribution is 2.22. The molecule has 1 amide bonds. The van der Waals surface area contributed by atoms with Gasteiger partial charge in [0.1, 0.15) is 0 Å². The Morgan fingerprint density at radius 3 is 2.62 bits per heavy atom. The molecule has 0 aliphatic heterocycles. The maximum Gasteiger partial charge on any atom is 0.258 e. The number of aliphatic hydroxyl groups is 1. The van der Waals surface area contributed by atoms with Gasteiger partial charge in [-0.25, -0.2) is 4.98 Å². The minimum absolute atomic E-state index is 0.215. The van der Waals surface area contributed by atoms with Gasteiger partial charge in [0.05, 0.1) is 11.9 Å². The zero-order valence-corrected chi connectivity index (χ0v) is 17.9. The summed E-state index contributed by atoms with van der Waals surface area (Å²) in [6.45, 7) is 0.237. The summed E-state index contributed by atoms with van der Waals surface area (Å²) in [5.74, 6) is 0.285. The predicted molar refractivity (Wildman–Crippen MR) is 125 cm³/mol. The van der Waals surface area contributed by atoms with E-state index in [1.165, 1.54) is 0 Å². The Morgan fingerprint density at radius 1 is 1.00 bits per heavy atom. The SMILES string of the molecule is O=C(Nc1nc(CCCCCCO)cn1-c1ccccc1)c1cccc(-c2cn[nH]c2)c1. The lowest BCUT2D eigenvalue weighted by Crippen LogP contribution is -2.15. The van der Waals surface area contributed by atoms with Crippen LogP contribution in [0.3, 0.4) is 0 Å². The monoisotopic (exact) mass is 429 g/mol. The van der Waals surface area contributed by atoms with Crippen molar-refractivity contribution in [3.63, 3.8) is 0 Å². The maximum atomic E-state index is 13.0. The number of aromatic amines is 1. The molecule has 164 valence electrons. The van der Waals surface area contributed by atoms with Crippen molar-refractivity contribution in [1.29, 1.82) is 0 Å². The van der Waals surface area contributed by atoms with Gasteiger partial charge in [-0.2, -0.15) is 5.10 Å². The number of H-pyrrole nitrogens is 1. The van der Waals surface area contributed by atoms with Crippen molar-refractivity contribution in [3.8, 4) is 16.8 Å². The lowest BCUT2D eigenvalue weighted by Gasteiger charge is -2.09. The van der Waals surface area contributed by atoms with E-state index in [2.05, 4.69) is 15.5 Å². The third-order valence-corrected chi connectivity index (χ3v) is 5.31. The number of amides is 1. The third kappa shape index (κ3) is 5.31. The first-order chi connectivity index (χ1) is 15.7. The second-order valence-corrected chi connectivity index (χ2v) is 7.67. The molecular weight excluding hydrogens is 402 g/mol. The van der Waals surface area contributed by atoms with Gasteiger partial charge in [0.25, 0.3) is 5.91 Å². The second kappa shape index (κ2) is 10.5. The summed E-state index contributed by atoms with van der Waals surface area (Å²) in [6.07, 6.45) is 10.2. The first-order valence-electron chi connectivity index (χ1n) is 10.9. The van der Waals surface area contributed by atoms with Gasteiger partial charge in [-0.05, 0) is 49.1 Å². The van der Waals surface area contributed by atoms with E-state index in [-0.39, 0.29) is 12.5 Å². The van der Waals surface area contributed by atoms with E-state index < -0.39 is 0 Å². The van der Waals surface area contributed by atoms with E-state index in [1.807, 2.05) is 59.3 Å². The number of aromatic nitrogens is 4. The molecule has 0 fully saturated rings. The van der Waals surface area contributed by atoms with Crippen LogP contribution in [0.5, 0.6) is 0 Å². The van der Waals surface area contributed by atoms with Gasteiger partial charge < -0.3 is 5.11 Å². The summed E-state index contributed by atoms with van der Waals surface area (Å²) < 4.78 is 1.92. The number of aryl methyl sites for hydroxylation is 1. The van der Waals surface area contributed by atoms with Crippen LogP contribution in [0.4, 0.5) is 5.95 Å². The Kier molecular flexibility index (Phi) is 7.09. The molecule has 2 heterocycles. The molecular formula is C25H27N5O2. The number of anilines is 1. The first-order valence-corrected chi connectivity index (χ1v) is 10.9. The van der Waals surface area contributed by atoms with Crippen LogP contribution >= 0.6 is 0 Å². The average molecular weight is 430 g/mol. The van der Waals surface area contributed by atoms with Crippen LogP contribution in [0.2, 0.25) is 0 Å². The van der Waals surface area contributed by atoms with Crippen LogP contribution in [0.25, 0.3) is 16.8 Å². The predicted octanol–water partition coefficient (Wildman–Crippen LogP) is 4.61. The Balaban J connectivity index is 1.54. The molecule has 0 unspecified atom stereocenters. The number of carbonyl (C=O) groups excluding carboxylic acids is 1. The summed E-state index contributed by atoms with van der Waals surface area (Å²) in [4.78, 5) is 17.8. The molecule has 2 aromatic carbocycles. The summed E-state index contributed by atoms with van der Waals surface area (Å²) in [6, 6.07) is 17.3. The van der Waals surface area contributed by atoms with Crippen molar-refractivity contribution in [2.24, 2.45) is 0 Å². The number of unbranched alkanes of at least 4 members (excludes halogenated alkanes) is 3. The Labute approximate surface area is 187 Å². The van der Waals surface area contributed by atoms with Crippen LogP contribution in [0.1, 0.15) is 41.7 Å². The first kappa shape index (κ1) is 21.5. The van der Waals surface area contributed by atoms with Crippen molar-refractivity contribution in [1.82, 2.24) is 19.7 Å². The second-order valence-electron chi connectivity index (χ2n) is 7.67. The van der Waals surface area contributed by atoms with Gasteiger partial charge in [0.15, 0.2) is 0 Å². The molecule has 4 aromatic rings. The van der Waals surface area contributed by atoms with E-state index in [0.29, 0.717) is 11.5 Å². The summed E-state index contributed by atoms with van der Waals surface area (Å²) >= 11 is 0. The van der Waals surface area contributed by atoms with Crippen LogP contribution in [-0.2, 0) is 6.42 Å². The lowest BCUT2D eigenvalue weighted by atomic mass is 10.1. The fourth-order valence-corrected chi connectivity index (χ4v) is 3.62. The van der Waals surface area contributed by atoms with Crippen LogP contribution in [0.15, 0.2) is 73.2 Å². The fourth-order valence-electron chi connectivity index (χ4n) is 3.62. The molecule has 0 saturated carbocycles. The molecule has 0 radical (unpaired) electrons. The number of hydrogen-bond acceptors (Lipinski definition) is 4. The zero-order chi connectivity index (χ0) is 22.2. The number of carbonyl (C=O) groups is 1. The number of para-hydroxylation sites is 1. The quantitative estimate of drug-likeness (QED) is 0.321. The molecule has 7 nitrogen and oxygen atoms in total. The Morgan fingerprint density at radius 2 is 1.84 bits per heavy atom. The van der Waals surface area contributed by atoms with Crippen molar-refractivity contribution < 1.29 is 9.90 Å². The topological polar surface area (TPSA) is 95.8 Å². The van der Waals surface area contributed by atoms with Crippen LogP contribution < -0.4 is 5.32 Å². The van der Waals surface area contributed by atoms with Gasteiger partial charge in [-0.3, -0.25) is 19.8 Å². The number of aliphatic hydroxyl groups excluding tert-OH is 1. The largest absolute Gasteiger partial charge is 0.396 e. The standard InChI is InChI=1S/C25H27N5O2/c31-14-7-2-1-4-11-22-18-30(23-12-5-3-6-13-23)25(28-22)29-24(32)20-10-8-9-19(15-20)21-16-26-27-17-21/h3,5-6,8-10,12-13,15-18,31H,1-2,4,7,11,14H2,(H,26,27)(H,28,29,32). The fraction of sp³-hybridized carbons (Fsp3) is 0.240. The lowest BCUT2D eigenvalue weighted by molar-refractivity contribution is 0.102. The maximum absolute atomic E-state index is 13.0. The van der Waals surface area contributed by atoms with Crippen LogP contribution in [0, 0.1) is 0 Å². The Bertz CT molecular complexity index is 1140. The number of nitrogens with zero attached hydrogens (tertiary/aromatic N) is 3. The van der Waals surface area contributed by atoms with E-state index in [0.717, 1.165) is 54.6 Å². The minimum Gasteiger partial charge on any atom is -0.396 e. The smallest absolute Gasteiger partial charge is 0.258 e. The molecule has 4 rings (SSSR count). The molecule has 0 aliphatic carbocycles. The molecule has 3 N–H and O–H groups in total. The average Bonchev–Trinajstić information content (AvgIpc) is 3.50. The number of imidazole rings is 1. The molecule has 7 heteroatoms. The highest BCUT2D eigenvalue weighted by Gasteiger charge is 2.15. The van der Waals surface area contributed by atoms with E-state index >= 15 is 0 Å². The highest BCUT2D eigenvalue weighted by atomic mass is 16.2. The van der Waals surface area contributed by atoms with Gasteiger partial charge in [-0.15, -0.1) is 0 Å². The number of benzene rings is 2. The highest BCUT2D eigenvalue weighted by molar-refractivity contribution is 6.04. The molecule has 32 heavy (non-hydrogen) atoms. The van der Waals surface area contributed by atoms with Gasteiger partial charge in [0.2, 0.25) is 5.95 Å². The van der Waals surface area contributed by atoms with Gasteiger partial charge >= 0.3 is 0 Å². The molecule has 2 aromatic heterocycles. The molecule has 0 saturated heterocycles. The molecule has 0 atom stereocenters. The molecule has 0 spiro atoms. The van der Waals surface area contributed by atoms with Crippen LogP contribution in [-0.4, -0.2) is 37.4 Å². The van der Waals surface area contributed by atoms with Gasteiger partial charge in [0, 0.05) is 35.8 Å². The number of hydrogen-bond donors (Lipinski definition) is 3. The summed E-state index contributed by atoms with van der Waals surface area (Å²) in [5, 5.41) is 18.7. The molecule has 0 aliphatic rings. The van der Waals surface area contributed by atoms with E-state index in [9.17, 15) is 4.79 Å². The van der Waals surface area contributed by atoms with Crippen molar-refractivity contribution in [3.05, 3.63) is 84.4 Å². The summed E-state index contributed by atoms with van der Waals surface area (Å²) in [5.41, 5.74) is 4.27. The minimum atomic E-state index is -0.215.